The van der Waals surface area contributed by atoms with Crippen LogP contribution in [0.2, 0.25) is 0 Å². The summed E-state index contributed by atoms with van der Waals surface area (Å²) in [6.45, 7) is 3.12. The molecule has 2 fully saturated rings. The maximum Gasteiger partial charge on any atom is 0.306 e. The van der Waals surface area contributed by atoms with Gasteiger partial charge in [-0.3, -0.25) is 4.79 Å². The molecule has 9 heteroatoms. The molecule has 1 saturated heterocycles. The van der Waals surface area contributed by atoms with E-state index in [1.807, 2.05) is 24.4 Å². The Morgan fingerprint density at radius 3 is 2.58 bits per heavy atom. The van der Waals surface area contributed by atoms with Crippen molar-refractivity contribution in [1.29, 1.82) is 0 Å². The number of fused-ring (bicyclic) bond motifs is 1. The summed E-state index contributed by atoms with van der Waals surface area (Å²) in [5, 5.41) is 13.7. The minimum absolute atomic E-state index is 0.215. The van der Waals surface area contributed by atoms with Crippen molar-refractivity contribution in [3.05, 3.63) is 36.3 Å². The van der Waals surface area contributed by atoms with Crippen LogP contribution < -0.4 is 10.6 Å². The van der Waals surface area contributed by atoms with E-state index in [9.17, 15) is 9.90 Å². The lowest BCUT2D eigenvalue weighted by Crippen LogP contribution is -2.36. The molecule has 3 aromatic rings. The molecule has 0 aromatic carbocycles. The first kappa shape index (κ1) is 19.7. The first-order valence-corrected chi connectivity index (χ1v) is 10.8. The van der Waals surface area contributed by atoms with Gasteiger partial charge >= 0.3 is 5.97 Å². The number of ether oxygens (including phenoxy) is 1. The highest BCUT2D eigenvalue weighted by Gasteiger charge is 2.28. The van der Waals surface area contributed by atoms with Crippen LogP contribution in [0.25, 0.3) is 16.8 Å². The Bertz CT molecular complexity index is 1080. The number of nitrogen functional groups attached to an aromatic ring is 1. The van der Waals surface area contributed by atoms with Crippen LogP contribution in [-0.4, -0.2) is 57.0 Å². The molecule has 2 aliphatic rings. The van der Waals surface area contributed by atoms with Crippen LogP contribution in [0, 0.1) is 5.92 Å². The van der Waals surface area contributed by atoms with E-state index in [0.717, 1.165) is 61.8 Å². The molecule has 0 unspecified atom stereocenters. The summed E-state index contributed by atoms with van der Waals surface area (Å²) in [4.78, 5) is 23.0. The van der Waals surface area contributed by atoms with Gasteiger partial charge in [-0.15, -0.1) is 0 Å². The quantitative estimate of drug-likeness (QED) is 0.658. The molecule has 1 aliphatic carbocycles. The number of pyridine rings is 1. The highest BCUT2D eigenvalue weighted by Crippen LogP contribution is 2.36. The fourth-order valence-electron chi connectivity index (χ4n) is 4.58. The fourth-order valence-corrected chi connectivity index (χ4v) is 4.58. The Kier molecular flexibility index (Phi) is 5.19. The molecule has 5 rings (SSSR count). The van der Waals surface area contributed by atoms with Crippen LogP contribution in [0.1, 0.15) is 37.3 Å². The van der Waals surface area contributed by atoms with Crippen molar-refractivity contribution in [1.82, 2.24) is 19.6 Å². The first-order chi connectivity index (χ1) is 15.1. The van der Waals surface area contributed by atoms with Crippen LogP contribution >= 0.6 is 0 Å². The maximum atomic E-state index is 11.3. The Hall–Kier alpha value is -3.20. The Morgan fingerprint density at radius 2 is 1.90 bits per heavy atom. The van der Waals surface area contributed by atoms with Crippen LogP contribution in [-0.2, 0) is 9.53 Å². The molecule has 0 bridgehead atoms. The first-order valence-electron chi connectivity index (χ1n) is 10.8. The van der Waals surface area contributed by atoms with E-state index in [4.69, 9.17) is 15.5 Å². The minimum atomic E-state index is -0.701. The second-order valence-corrected chi connectivity index (χ2v) is 8.29. The highest BCUT2D eigenvalue weighted by molar-refractivity contribution is 5.78. The number of nitrogens with zero attached hydrogens (tertiary/aromatic N) is 5. The average Bonchev–Trinajstić information content (AvgIpc) is 3.24. The monoisotopic (exact) mass is 422 g/mol. The second kappa shape index (κ2) is 8.14. The van der Waals surface area contributed by atoms with Crippen molar-refractivity contribution in [2.45, 2.75) is 31.6 Å². The zero-order valence-corrected chi connectivity index (χ0v) is 17.3. The predicted octanol–water partition coefficient (Wildman–Crippen LogP) is 2.57. The smallest absolute Gasteiger partial charge is 0.306 e. The van der Waals surface area contributed by atoms with Crippen LogP contribution in [0.5, 0.6) is 0 Å². The lowest BCUT2D eigenvalue weighted by molar-refractivity contribution is -0.142. The molecular formula is C22H26N6O3. The van der Waals surface area contributed by atoms with Gasteiger partial charge in [0.15, 0.2) is 5.65 Å². The molecule has 3 N–H and O–H groups in total. The minimum Gasteiger partial charge on any atom is -0.481 e. The number of carboxylic acids is 1. The van der Waals surface area contributed by atoms with Crippen molar-refractivity contribution < 1.29 is 14.6 Å². The molecule has 3 aromatic heterocycles. The lowest BCUT2D eigenvalue weighted by atomic mass is 9.80. The number of morpholine rings is 1. The summed E-state index contributed by atoms with van der Waals surface area (Å²) in [7, 11) is 0. The van der Waals surface area contributed by atoms with Gasteiger partial charge in [-0.25, -0.2) is 9.97 Å². The summed E-state index contributed by atoms with van der Waals surface area (Å²) in [6, 6.07) is 5.93. The van der Waals surface area contributed by atoms with Gasteiger partial charge in [0.25, 0.3) is 0 Å². The van der Waals surface area contributed by atoms with E-state index >= 15 is 0 Å². The number of hydrogen-bond donors (Lipinski definition) is 2. The zero-order valence-electron chi connectivity index (χ0n) is 17.3. The maximum absolute atomic E-state index is 11.3. The SMILES string of the molecule is Nc1cc(C2CCC(C(=O)O)CC2)nc2c(-c3ccc(N4CCOCC4)nc3)cnn12. The third-order valence-corrected chi connectivity index (χ3v) is 6.41. The highest BCUT2D eigenvalue weighted by atomic mass is 16.5. The van der Waals surface area contributed by atoms with E-state index in [1.165, 1.54) is 0 Å². The Balaban J connectivity index is 1.43. The van der Waals surface area contributed by atoms with Gasteiger partial charge in [-0.1, -0.05) is 0 Å². The number of aliphatic carboxylic acids is 1. The largest absolute Gasteiger partial charge is 0.481 e. The molecular weight excluding hydrogens is 396 g/mol. The average molecular weight is 422 g/mol. The number of carbonyl (C=O) groups is 1. The molecule has 0 radical (unpaired) electrons. The molecule has 0 amide bonds. The van der Waals surface area contributed by atoms with Gasteiger partial charge in [0.05, 0.1) is 25.3 Å². The van der Waals surface area contributed by atoms with Crippen molar-refractivity contribution in [3.8, 4) is 11.1 Å². The molecule has 0 spiro atoms. The Morgan fingerprint density at radius 1 is 1.13 bits per heavy atom. The summed E-state index contributed by atoms with van der Waals surface area (Å²) >= 11 is 0. The number of anilines is 2. The number of nitrogens with two attached hydrogens (primary N) is 1. The lowest BCUT2D eigenvalue weighted by Gasteiger charge is -2.27. The molecule has 1 saturated carbocycles. The van der Waals surface area contributed by atoms with Crippen molar-refractivity contribution in [2.24, 2.45) is 5.92 Å². The molecule has 162 valence electrons. The normalized spacial score (nSPS) is 22.0. The van der Waals surface area contributed by atoms with Gasteiger partial charge in [-0.05, 0) is 37.8 Å². The molecule has 4 heterocycles. The van der Waals surface area contributed by atoms with Crippen molar-refractivity contribution in [3.63, 3.8) is 0 Å². The number of hydrogen-bond acceptors (Lipinski definition) is 7. The number of rotatable bonds is 4. The van der Waals surface area contributed by atoms with E-state index in [1.54, 1.807) is 10.7 Å². The standard InChI is InChI=1S/C22H26N6O3/c23-19-11-18(14-1-3-15(4-2-14)22(29)30)26-21-17(13-25-28(19)21)16-5-6-20(24-12-16)27-7-9-31-10-8-27/h5-6,11-15H,1-4,7-10,23H2,(H,29,30). The zero-order chi connectivity index (χ0) is 21.4. The summed E-state index contributed by atoms with van der Waals surface area (Å²) in [6.07, 6.45) is 6.58. The van der Waals surface area contributed by atoms with Crippen LogP contribution in [0.3, 0.4) is 0 Å². The van der Waals surface area contributed by atoms with E-state index in [2.05, 4.69) is 15.0 Å². The molecule has 9 nitrogen and oxygen atoms in total. The number of aromatic nitrogens is 4. The third-order valence-electron chi connectivity index (χ3n) is 6.41. The van der Waals surface area contributed by atoms with Crippen molar-refractivity contribution in [2.75, 3.05) is 36.9 Å². The van der Waals surface area contributed by atoms with Gasteiger partial charge in [0.2, 0.25) is 0 Å². The molecule has 1 aliphatic heterocycles. The van der Waals surface area contributed by atoms with E-state index in [-0.39, 0.29) is 11.8 Å². The topological polar surface area (TPSA) is 119 Å². The van der Waals surface area contributed by atoms with E-state index in [0.29, 0.717) is 24.3 Å². The van der Waals surface area contributed by atoms with Gasteiger partial charge in [-0.2, -0.15) is 9.61 Å². The predicted molar refractivity (Wildman–Crippen MR) is 116 cm³/mol. The molecule has 31 heavy (non-hydrogen) atoms. The molecule has 0 atom stereocenters. The summed E-state index contributed by atoms with van der Waals surface area (Å²) < 4.78 is 7.06. The number of carboxylic acid groups (broad SMARTS) is 1. The van der Waals surface area contributed by atoms with Gasteiger partial charge < -0.3 is 20.5 Å². The second-order valence-electron chi connectivity index (χ2n) is 8.29. The fraction of sp³-hybridized carbons (Fsp3) is 0.455. The van der Waals surface area contributed by atoms with Gasteiger partial charge in [0.1, 0.15) is 11.6 Å². The third kappa shape index (κ3) is 3.81. The van der Waals surface area contributed by atoms with Crippen LogP contribution in [0.15, 0.2) is 30.6 Å². The summed E-state index contributed by atoms with van der Waals surface area (Å²) in [5.74, 6) is 0.732. The van der Waals surface area contributed by atoms with Crippen molar-refractivity contribution >= 4 is 23.3 Å². The van der Waals surface area contributed by atoms with Crippen LogP contribution in [0.4, 0.5) is 11.6 Å². The van der Waals surface area contributed by atoms with Gasteiger partial charge in [0, 0.05) is 48.1 Å². The van der Waals surface area contributed by atoms with E-state index < -0.39 is 5.97 Å². The Labute approximate surface area is 179 Å². The summed E-state index contributed by atoms with van der Waals surface area (Å²) in [5.41, 5.74) is 9.72.